The zero-order valence-electron chi connectivity index (χ0n) is 20.7. The van der Waals surface area contributed by atoms with E-state index < -0.39 is 41.6 Å². The van der Waals surface area contributed by atoms with Crippen LogP contribution < -0.4 is 0 Å². The normalized spacial score (nSPS) is 30.8. The maximum absolute atomic E-state index is 12.7. The molecule has 4 aliphatic rings. The van der Waals surface area contributed by atoms with Crippen LogP contribution in [0, 0.1) is 16.0 Å². The Kier molecular flexibility index (Phi) is 9.47. The second-order valence-electron chi connectivity index (χ2n) is 9.14. The second kappa shape index (κ2) is 13.0. The molecule has 0 bridgehead atoms. The largest absolute Gasteiger partial charge is 0.514 e. The standard InChI is InChI=1S/C24H32N2O11/c1-15-21(17-8-11-31-12-16(17)6-5-9-25-15)37-24(28)36-19-14-33-22-18(13-32-23(19)22)35-20(27)7-3-2-4-10-34-26(29)30/h5-6,16,18-19,22-23H,2-4,7-14H2,1H3/b6-5?,21-17+,25-15?/t16?,18?,19?,22-,23-/m1/s1. The fraction of sp³-hybridized carbons (Fsp3) is 0.708. The van der Waals surface area contributed by atoms with Crippen LogP contribution in [0.5, 0.6) is 0 Å². The number of hydrogen-bond acceptors (Lipinski definition) is 12. The van der Waals surface area contributed by atoms with E-state index in [9.17, 15) is 19.7 Å². The van der Waals surface area contributed by atoms with Crippen LogP contribution in [0.15, 0.2) is 28.5 Å². The van der Waals surface area contributed by atoms with Crippen molar-refractivity contribution in [3.05, 3.63) is 33.6 Å². The van der Waals surface area contributed by atoms with Gasteiger partial charge in [-0.25, -0.2) is 4.79 Å². The summed E-state index contributed by atoms with van der Waals surface area (Å²) in [4.78, 5) is 43.7. The average Bonchev–Trinajstić information content (AvgIpc) is 3.45. The van der Waals surface area contributed by atoms with Crippen LogP contribution in [0.25, 0.3) is 0 Å². The van der Waals surface area contributed by atoms with E-state index in [-0.39, 0.29) is 32.2 Å². The van der Waals surface area contributed by atoms with E-state index in [1.54, 1.807) is 6.92 Å². The average molecular weight is 525 g/mol. The summed E-state index contributed by atoms with van der Waals surface area (Å²) in [6.45, 7) is 3.56. The van der Waals surface area contributed by atoms with Crippen molar-refractivity contribution in [1.29, 1.82) is 0 Å². The number of rotatable bonds is 10. The van der Waals surface area contributed by atoms with Crippen LogP contribution in [0.3, 0.4) is 0 Å². The van der Waals surface area contributed by atoms with Gasteiger partial charge in [-0.3, -0.25) is 9.79 Å². The Hall–Kier alpha value is -3.03. The van der Waals surface area contributed by atoms with Gasteiger partial charge in [-0.1, -0.05) is 18.6 Å². The Balaban J connectivity index is 1.24. The van der Waals surface area contributed by atoms with Crippen LogP contribution in [-0.2, 0) is 38.1 Å². The SMILES string of the molecule is CC1=NCC=CC2COCC/C2=C/1OC(=O)OC1CO[C@@H]2C(OC(=O)CCCCCO[N+](=O)[O-])CO[C@H]12. The molecule has 37 heavy (non-hydrogen) atoms. The summed E-state index contributed by atoms with van der Waals surface area (Å²) >= 11 is 0. The molecular formula is C24H32N2O11. The number of allylic oxidation sites excluding steroid dienone is 1. The fourth-order valence-electron chi connectivity index (χ4n) is 4.77. The molecule has 0 aromatic heterocycles. The van der Waals surface area contributed by atoms with E-state index in [0.717, 1.165) is 5.57 Å². The highest BCUT2D eigenvalue weighted by Gasteiger charge is 2.51. The zero-order chi connectivity index (χ0) is 26.2. The van der Waals surface area contributed by atoms with Crippen molar-refractivity contribution in [2.45, 2.75) is 63.4 Å². The maximum atomic E-state index is 12.7. The number of unbranched alkanes of at least 4 members (excludes halogenated alkanes) is 2. The van der Waals surface area contributed by atoms with Crippen LogP contribution in [0.1, 0.15) is 39.0 Å². The first-order valence-corrected chi connectivity index (χ1v) is 12.5. The predicted octanol–water partition coefficient (Wildman–Crippen LogP) is 2.31. The molecule has 4 rings (SSSR count). The van der Waals surface area contributed by atoms with Gasteiger partial charge in [0, 0.05) is 12.3 Å². The lowest BCUT2D eigenvalue weighted by atomic mass is 9.91. The zero-order valence-corrected chi connectivity index (χ0v) is 20.7. The predicted molar refractivity (Wildman–Crippen MR) is 125 cm³/mol. The summed E-state index contributed by atoms with van der Waals surface area (Å²) in [5, 5.41) is 9.28. The highest BCUT2D eigenvalue weighted by Crippen LogP contribution is 2.32. The summed E-state index contributed by atoms with van der Waals surface area (Å²) in [5.41, 5.74) is 1.58. The minimum Gasteiger partial charge on any atom is -0.457 e. The molecule has 204 valence electrons. The van der Waals surface area contributed by atoms with E-state index in [4.69, 9.17) is 28.4 Å². The lowest BCUT2D eigenvalue weighted by Crippen LogP contribution is -2.36. The quantitative estimate of drug-likeness (QED) is 0.136. The minimum absolute atomic E-state index is 0.00304. The third-order valence-electron chi connectivity index (χ3n) is 6.58. The molecule has 0 spiro atoms. The molecule has 3 unspecified atom stereocenters. The van der Waals surface area contributed by atoms with Crippen molar-refractivity contribution in [2.24, 2.45) is 10.9 Å². The molecule has 0 radical (unpaired) electrons. The third-order valence-corrected chi connectivity index (χ3v) is 6.58. The molecule has 13 heteroatoms. The van der Waals surface area contributed by atoms with E-state index in [1.165, 1.54) is 0 Å². The van der Waals surface area contributed by atoms with Crippen LogP contribution in [0.4, 0.5) is 4.79 Å². The lowest BCUT2D eigenvalue weighted by molar-refractivity contribution is -0.757. The molecule has 5 atom stereocenters. The van der Waals surface area contributed by atoms with Crippen LogP contribution >= 0.6 is 0 Å². The van der Waals surface area contributed by atoms with Crippen molar-refractivity contribution in [2.75, 3.05) is 39.6 Å². The first-order chi connectivity index (χ1) is 17.9. The van der Waals surface area contributed by atoms with Gasteiger partial charge in [0.1, 0.15) is 12.2 Å². The topological polar surface area (TPSA) is 154 Å². The molecule has 3 fully saturated rings. The molecular weight excluding hydrogens is 492 g/mol. The minimum atomic E-state index is -0.869. The van der Waals surface area contributed by atoms with Gasteiger partial charge in [0.05, 0.1) is 45.3 Å². The number of nitrogens with zero attached hydrogens (tertiary/aromatic N) is 2. The van der Waals surface area contributed by atoms with E-state index in [0.29, 0.717) is 56.9 Å². The van der Waals surface area contributed by atoms with Crippen molar-refractivity contribution in [1.82, 2.24) is 0 Å². The maximum Gasteiger partial charge on any atom is 0.514 e. The number of aliphatic imine (C=N–C) groups is 1. The highest BCUT2D eigenvalue weighted by atomic mass is 16.9. The Morgan fingerprint density at radius 3 is 2.62 bits per heavy atom. The summed E-state index contributed by atoms with van der Waals surface area (Å²) in [6.07, 6.45) is 3.06. The van der Waals surface area contributed by atoms with Crippen molar-refractivity contribution in [3.8, 4) is 0 Å². The molecule has 0 N–H and O–H groups in total. The van der Waals surface area contributed by atoms with Gasteiger partial charge in [0.15, 0.2) is 18.0 Å². The molecule has 13 nitrogen and oxygen atoms in total. The first kappa shape index (κ1) is 27.0. The Labute approximate surface area is 213 Å². The summed E-state index contributed by atoms with van der Waals surface area (Å²) < 4.78 is 33.8. The second-order valence-corrected chi connectivity index (χ2v) is 9.14. The Morgan fingerprint density at radius 1 is 1.11 bits per heavy atom. The van der Waals surface area contributed by atoms with Crippen molar-refractivity contribution < 1.29 is 47.9 Å². The number of esters is 1. The molecule has 0 aliphatic carbocycles. The Morgan fingerprint density at radius 2 is 1.86 bits per heavy atom. The molecule has 4 heterocycles. The van der Waals surface area contributed by atoms with Gasteiger partial charge in [0.25, 0.3) is 5.09 Å². The third kappa shape index (κ3) is 7.27. The van der Waals surface area contributed by atoms with Crippen molar-refractivity contribution >= 4 is 17.8 Å². The number of fused-ring (bicyclic) bond motifs is 2. The van der Waals surface area contributed by atoms with Gasteiger partial charge >= 0.3 is 12.1 Å². The molecule has 3 saturated heterocycles. The number of carbonyl (C=O) groups excluding carboxylic acids is 2. The molecule has 0 amide bonds. The van der Waals surface area contributed by atoms with Gasteiger partial charge in [-0.15, -0.1) is 10.1 Å². The van der Waals surface area contributed by atoms with Crippen LogP contribution in [0.2, 0.25) is 0 Å². The lowest BCUT2D eigenvalue weighted by Gasteiger charge is -2.27. The van der Waals surface area contributed by atoms with E-state index >= 15 is 0 Å². The van der Waals surface area contributed by atoms with Gasteiger partial charge in [-0.05, 0) is 31.8 Å². The summed E-state index contributed by atoms with van der Waals surface area (Å²) in [7, 11) is 0. The van der Waals surface area contributed by atoms with Crippen molar-refractivity contribution in [3.63, 3.8) is 0 Å². The number of ether oxygens (including phenoxy) is 6. The molecule has 0 saturated carbocycles. The molecule has 4 aliphatic heterocycles. The monoisotopic (exact) mass is 524 g/mol. The van der Waals surface area contributed by atoms with E-state index in [2.05, 4.69) is 9.83 Å². The smallest absolute Gasteiger partial charge is 0.457 e. The van der Waals surface area contributed by atoms with Crippen LogP contribution in [-0.4, -0.2) is 86.9 Å². The summed E-state index contributed by atoms with van der Waals surface area (Å²) in [6, 6.07) is 0. The molecule has 0 aromatic carbocycles. The van der Waals surface area contributed by atoms with E-state index in [1.807, 2.05) is 12.2 Å². The summed E-state index contributed by atoms with van der Waals surface area (Å²) in [5.74, 6) is 0.0238. The number of hydrogen-bond donors (Lipinski definition) is 0. The van der Waals surface area contributed by atoms with Gasteiger partial charge in [0.2, 0.25) is 0 Å². The fourth-order valence-corrected chi connectivity index (χ4v) is 4.77. The first-order valence-electron chi connectivity index (χ1n) is 12.5. The van der Waals surface area contributed by atoms with Gasteiger partial charge < -0.3 is 33.3 Å². The highest BCUT2D eigenvalue weighted by molar-refractivity contribution is 5.98. The number of carbonyl (C=O) groups is 2. The molecule has 0 aromatic rings. The Bertz CT molecular complexity index is 947. The van der Waals surface area contributed by atoms with Gasteiger partial charge in [-0.2, -0.15) is 0 Å².